The zero-order chi connectivity index (χ0) is 27.5. The summed E-state index contributed by atoms with van der Waals surface area (Å²) in [6.45, 7) is 1.11. The van der Waals surface area contributed by atoms with Crippen molar-refractivity contribution in [1.29, 1.82) is 0 Å². The van der Waals surface area contributed by atoms with Gasteiger partial charge in [-0.1, -0.05) is 60.7 Å². The van der Waals surface area contributed by atoms with Crippen molar-refractivity contribution in [3.05, 3.63) is 125 Å². The predicted octanol–water partition coefficient (Wildman–Crippen LogP) is 5.91. The fraction of sp³-hybridized carbons (Fsp3) is 0.152. The normalized spacial score (nSPS) is 17.6. The van der Waals surface area contributed by atoms with E-state index in [0.717, 1.165) is 5.56 Å². The second kappa shape index (κ2) is 11.0. The Labute approximate surface area is 231 Å². The van der Waals surface area contributed by atoms with E-state index in [1.807, 2.05) is 78.9 Å². The van der Waals surface area contributed by atoms with Gasteiger partial charge in [-0.25, -0.2) is 0 Å². The zero-order valence-corrected chi connectivity index (χ0v) is 21.7. The van der Waals surface area contributed by atoms with Crippen LogP contribution in [-0.2, 0) is 16.0 Å². The molecule has 0 aliphatic carbocycles. The fourth-order valence-corrected chi connectivity index (χ4v) is 5.07. The fourth-order valence-electron chi connectivity index (χ4n) is 5.07. The summed E-state index contributed by atoms with van der Waals surface area (Å²) < 4.78 is 17.3. The average Bonchev–Trinajstić information content (AvgIpc) is 3.25. The van der Waals surface area contributed by atoms with Crippen LogP contribution in [0.5, 0.6) is 23.0 Å². The summed E-state index contributed by atoms with van der Waals surface area (Å²) >= 11 is 0. The van der Waals surface area contributed by atoms with Gasteiger partial charge in [0.05, 0.1) is 11.6 Å². The number of likely N-dealkylation sites (tertiary alicyclic amines) is 1. The number of para-hydroxylation sites is 1. The second-order valence-electron chi connectivity index (χ2n) is 9.57. The van der Waals surface area contributed by atoms with Crippen molar-refractivity contribution in [2.24, 2.45) is 0 Å². The lowest BCUT2D eigenvalue weighted by Crippen LogP contribution is -2.31. The minimum absolute atomic E-state index is 0.0200. The minimum atomic E-state index is -0.809. The highest BCUT2D eigenvalue weighted by Gasteiger charge is 2.46. The largest absolute Gasteiger partial charge is 0.507 e. The molecule has 0 aromatic heterocycles. The molecular formula is C33H27NO6. The highest BCUT2D eigenvalue weighted by atomic mass is 16.6. The first kappa shape index (κ1) is 25.2. The van der Waals surface area contributed by atoms with Gasteiger partial charge in [-0.3, -0.25) is 9.59 Å². The van der Waals surface area contributed by atoms with Crippen LogP contribution in [0.2, 0.25) is 0 Å². The Bertz CT molecular complexity index is 1580. The van der Waals surface area contributed by atoms with Crippen molar-refractivity contribution in [2.45, 2.75) is 12.5 Å². The van der Waals surface area contributed by atoms with E-state index in [4.69, 9.17) is 14.2 Å². The molecule has 1 fully saturated rings. The number of nitrogens with zero attached hydrogens (tertiary/aromatic N) is 1. The molecule has 1 saturated heterocycles. The molecule has 6 rings (SSSR count). The number of carbonyl (C=O) groups is 2. The van der Waals surface area contributed by atoms with E-state index in [-0.39, 0.29) is 11.3 Å². The predicted molar refractivity (Wildman–Crippen MR) is 150 cm³/mol. The summed E-state index contributed by atoms with van der Waals surface area (Å²) in [5, 5.41) is 11.5. The van der Waals surface area contributed by atoms with E-state index in [1.54, 1.807) is 24.3 Å². The number of aliphatic hydroxyl groups excluding tert-OH is 1. The zero-order valence-electron chi connectivity index (χ0n) is 21.7. The third-order valence-corrected chi connectivity index (χ3v) is 6.99. The molecule has 1 atom stereocenters. The molecule has 4 aromatic carbocycles. The van der Waals surface area contributed by atoms with Gasteiger partial charge in [0, 0.05) is 12.1 Å². The Hall–Kier alpha value is -5.04. The summed E-state index contributed by atoms with van der Waals surface area (Å²) in [6, 6.07) is 30.6. The van der Waals surface area contributed by atoms with Gasteiger partial charge in [0.25, 0.3) is 11.7 Å². The quantitative estimate of drug-likeness (QED) is 0.181. The third-order valence-electron chi connectivity index (χ3n) is 6.99. The van der Waals surface area contributed by atoms with Crippen LogP contribution >= 0.6 is 0 Å². The van der Waals surface area contributed by atoms with Crippen LogP contribution in [0.4, 0.5) is 0 Å². The number of hydrogen-bond donors (Lipinski definition) is 1. The summed E-state index contributed by atoms with van der Waals surface area (Å²) in [5.74, 6) is 0.591. The molecule has 2 aliphatic heterocycles. The Morgan fingerprint density at radius 2 is 1.50 bits per heavy atom. The van der Waals surface area contributed by atoms with E-state index in [9.17, 15) is 14.7 Å². The average molecular weight is 534 g/mol. The SMILES string of the molecule is O=C1C(=O)N(CCc2ccccc2)C(c2cccc(Oc3ccccc3)c2)C1=C(O)c1ccc2c(c1)OCCO2. The van der Waals surface area contributed by atoms with Gasteiger partial charge in [-0.05, 0) is 60.0 Å². The molecule has 0 spiro atoms. The van der Waals surface area contributed by atoms with Gasteiger partial charge in [0.2, 0.25) is 0 Å². The molecule has 7 heteroatoms. The molecule has 7 nitrogen and oxygen atoms in total. The van der Waals surface area contributed by atoms with E-state index < -0.39 is 17.7 Å². The Balaban J connectivity index is 1.41. The van der Waals surface area contributed by atoms with Gasteiger partial charge in [-0.15, -0.1) is 0 Å². The van der Waals surface area contributed by atoms with Crippen LogP contribution in [0, 0.1) is 0 Å². The summed E-state index contributed by atoms with van der Waals surface area (Å²) in [5.41, 5.74) is 2.08. The van der Waals surface area contributed by atoms with Gasteiger partial charge in [0.1, 0.15) is 30.5 Å². The molecule has 4 aromatic rings. The maximum atomic E-state index is 13.5. The topological polar surface area (TPSA) is 85.3 Å². The van der Waals surface area contributed by atoms with Crippen LogP contribution in [0.15, 0.2) is 109 Å². The molecule has 1 unspecified atom stereocenters. The lowest BCUT2D eigenvalue weighted by molar-refractivity contribution is -0.139. The van der Waals surface area contributed by atoms with Crippen molar-refractivity contribution in [3.8, 4) is 23.0 Å². The van der Waals surface area contributed by atoms with Crippen LogP contribution in [-0.4, -0.2) is 41.5 Å². The number of Topliss-reactive ketones (excluding diaryl/α,β-unsaturated/α-hetero) is 1. The second-order valence-corrected chi connectivity index (χ2v) is 9.57. The standard InChI is InChI=1S/C33H27NO6/c35-31(24-14-15-27-28(21-24)39-19-18-38-27)29-30(23-10-7-13-26(20-23)40-25-11-5-2-6-12-25)34(33(37)32(29)36)17-16-22-8-3-1-4-9-22/h1-15,20-21,30,35H,16-19H2. The first-order chi connectivity index (χ1) is 19.6. The van der Waals surface area contributed by atoms with E-state index in [0.29, 0.717) is 60.3 Å². The van der Waals surface area contributed by atoms with Gasteiger partial charge >= 0.3 is 0 Å². The monoisotopic (exact) mass is 533 g/mol. The van der Waals surface area contributed by atoms with Gasteiger partial charge in [0.15, 0.2) is 11.5 Å². The summed E-state index contributed by atoms with van der Waals surface area (Å²) in [6.07, 6.45) is 0.550. The maximum absolute atomic E-state index is 13.5. The van der Waals surface area contributed by atoms with Crippen LogP contribution in [0.3, 0.4) is 0 Å². The molecule has 0 radical (unpaired) electrons. The molecule has 0 saturated carbocycles. The molecule has 40 heavy (non-hydrogen) atoms. The maximum Gasteiger partial charge on any atom is 0.295 e. The molecule has 2 heterocycles. The number of hydrogen-bond acceptors (Lipinski definition) is 6. The van der Waals surface area contributed by atoms with Crippen molar-refractivity contribution in [3.63, 3.8) is 0 Å². The van der Waals surface area contributed by atoms with Crippen LogP contribution < -0.4 is 14.2 Å². The lowest BCUT2D eigenvalue weighted by atomic mass is 9.95. The van der Waals surface area contributed by atoms with Gasteiger partial charge in [-0.2, -0.15) is 0 Å². The highest BCUT2D eigenvalue weighted by Crippen LogP contribution is 2.42. The molecular weight excluding hydrogens is 506 g/mol. The van der Waals surface area contributed by atoms with Crippen molar-refractivity contribution in [1.82, 2.24) is 4.90 Å². The minimum Gasteiger partial charge on any atom is -0.507 e. The van der Waals surface area contributed by atoms with Crippen molar-refractivity contribution < 1.29 is 28.9 Å². The van der Waals surface area contributed by atoms with E-state index >= 15 is 0 Å². The van der Waals surface area contributed by atoms with E-state index in [2.05, 4.69) is 0 Å². The first-order valence-electron chi connectivity index (χ1n) is 13.1. The number of ether oxygens (including phenoxy) is 3. The molecule has 200 valence electrons. The number of carbonyl (C=O) groups excluding carboxylic acids is 2. The number of aliphatic hydroxyl groups is 1. The van der Waals surface area contributed by atoms with Crippen molar-refractivity contribution >= 4 is 17.4 Å². The van der Waals surface area contributed by atoms with Gasteiger partial charge < -0.3 is 24.2 Å². The molecule has 2 aliphatic rings. The highest BCUT2D eigenvalue weighted by molar-refractivity contribution is 6.46. The van der Waals surface area contributed by atoms with Crippen LogP contribution in [0.1, 0.15) is 22.7 Å². The Morgan fingerprint density at radius 3 is 2.27 bits per heavy atom. The molecule has 1 N–H and O–H groups in total. The van der Waals surface area contributed by atoms with Crippen molar-refractivity contribution in [2.75, 3.05) is 19.8 Å². The summed E-state index contributed by atoms with van der Waals surface area (Å²) in [4.78, 5) is 28.4. The van der Waals surface area contributed by atoms with E-state index in [1.165, 1.54) is 4.90 Å². The summed E-state index contributed by atoms with van der Waals surface area (Å²) in [7, 11) is 0. The number of ketones is 1. The lowest BCUT2D eigenvalue weighted by Gasteiger charge is -2.26. The molecule has 0 bridgehead atoms. The number of rotatable bonds is 7. The Kier molecular flexibility index (Phi) is 6.93. The smallest absolute Gasteiger partial charge is 0.295 e. The van der Waals surface area contributed by atoms with Crippen LogP contribution in [0.25, 0.3) is 5.76 Å². The first-order valence-corrected chi connectivity index (χ1v) is 13.1. The number of fused-ring (bicyclic) bond motifs is 1. The third kappa shape index (κ3) is 5.01. The molecule has 1 amide bonds. The Morgan fingerprint density at radius 1 is 0.800 bits per heavy atom. The number of benzene rings is 4. The number of amides is 1.